The van der Waals surface area contributed by atoms with Gasteiger partial charge in [0.05, 0.1) is 17.6 Å². The molecule has 0 spiro atoms. The summed E-state index contributed by atoms with van der Waals surface area (Å²) in [5.74, 6) is -0.435. The number of benzene rings is 1. The topological polar surface area (TPSA) is 102 Å². The molecule has 2 rings (SSSR count). The van der Waals surface area contributed by atoms with E-state index >= 15 is 0 Å². The van der Waals surface area contributed by atoms with Gasteiger partial charge >= 0.3 is 11.8 Å². The highest BCUT2D eigenvalue weighted by Crippen LogP contribution is 2.38. The summed E-state index contributed by atoms with van der Waals surface area (Å²) in [5.41, 5.74) is -0.104. The van der Waals surface area contributed by atoms with Gasteiger partial charge < -0.3 is 15.2 Å². The van der Waals surface area contributed by atoms with Crippen molar-refractivity contribution >= 4 is 40.1 Å². The SMILES string of the molecule is Cl.O=C1N[C@@H](c2cc(Br)cc([N+](=O)[O-])c2O)CCO1. The zero-order valence-corrected chi connectivity index (χ0v) is 11.9. The Hall–Kier alpha value is -1.54. The van der Waals surface area contributed by atoms with Crippen molar-refractivity contribution in [3.05, 3.63) is 32.3 Å². The minimum absolute atomic E-state index is 0. The van der Waals surface area contributed by atoms with Crippen molar-refractivity contribution in [2.45, 2.75) is 12.5 Å². The fraction of sp³-hybridized carbons (Fsp3) is 0.300. The Morgan fingerprint density at radius 2 is 2.21 bits per heavy atom. The van der Waals surface area contributed by atoms with Crippen LogP contribution in [-0.2, 0) is 4.74 Å². The Kier molecular flexibility index (Phi) is 4.96. The molecule has 0 saturated carbocycles. The molecule has 1 saturated heterocycles. The Morgan fingerprint density at radius 1 is 1.53 bits per heavy atom. The maximum atomic E-state index is 11.1. The highest BCUT2D eigenvalue weighted by Gasteiger charge is 2.27. The minimum Gasteiger partial charge on any atom is -0.502 e. The maximum absolute atomic E-state index is 11.1. The fourth-order valence-electron chi connectivity index (χ4n) is 1.77. The molecule has 0 bridgehead atoms. The van der Waals surface area contributed by atoms with Crippen LogP contribution >= 0.6 is 28.3 Å². The molecule has 1 amide bonds. The summed E-state index contributed by atoms with van der Waals surface area (Å²) in [6.07, 6.45) is -0.166. The highest BCUT2D eigenvalue weighted by atomic mass is 79.9. The quantitative estimate of drug-likeness (QED) is 0.628. The number of nitro groups is 1. The highest BCUT2D eigenvalue weighted by molar-refractivity contribution is 9.10. The normalized spacial score (nSPS) is 17.9. The second-order valence-electron chi connectivity index (χ2n) is 3.74. The average molecular weight is 354 g/mol. The summed E-state index contributed by atoms with van der Waals surface area (Å²) in [7, 11) is 0. The van der Waals surface area contributed by atoms with Crippen LogP contribution in [0.4, 0.5) is 10.5 Å². The van der Waals surface area contributed by atoms with Crippen LogP contribution in [0.2, 0.25) is 0 Å². The lowest BCUT2D eigenvalue weighted by Gasteiger charge is -2.24. The molecule has 0 radical (unpaired) electrons. The van der Waals surface area contributed by atoms with Crippen LogP contribution in [0.15, 0.2) is 16.6 Å². The minimum atomic E-state index is -0.676. The smallest absolute Gasteiger partial charge is 0.407 e. The number of carbonyl (C=O) groups excluding carboxylic acids is 1. The second kappa shape index (κ2) is 6.07. The number of amides is 1. The molecule has 2 N–H and O–H groups in total. The number of rotatable bonds is 2. The Labute approximate surface area is 122 Å². The first kappa shape index (κ1) is 15.5. The largest absolute Gasteiger partial charge is 0.502 e. The van der Waals surface area contributed by atoms with Crippen LogP contribution in [0.1, 0.15) is 18.0 Å². The van der Waals surface area contributed by atoms with Crippen LogP contribution in [0.3, 0.4) is 0 Å². The lowest BCUT2D eigenvalue weighted by molar-refractivity contribution is -0.386. The van der Waals surface area contributed by atoms with Crippen LogP contribution in [-0.4, -0.2) is 22.7 Å². The lowest BCUT2D eigenvalue weighted by atomic mass is 10.0. The number of nitrogens with zero attached hydrogens (tertiary/aromatic N) is 1. The number of alkyl carbamates (subject to hydrolysis) is 1. The molecule has 0 unspecified atom stereocenters. The molecule has 9 heteroatoms. The predicted octanol–water partition coefficient (Wildman–Crippen LogP) is 2.66. The van der Waals surface area contributed by atoms with E-state index in [1.54, 1.807) is 6.07 Å². The molecular weight excluding hydrogens is 343 g/mol. The van der Waals surface area contributed by atoms with Gasteiger partial charge in [0.15, 0.2) is 5.75 Å². The number of nitrogens with one attached hydrogen (secondary N) is 1. The van der Waals surface area contributed by atoms with E-state index in [4.69, 9.17) is 4.74 Å². The number of phenols is 1. The van der Waals surface area contributed by atoms with Gasteiger partial charge in [-0.25, -0.2) is 4.79 Å². The number of cyclic esters (lactones) is 1. The zero-order chi connectivity index (χ0) is 13.3. The van der Waals surface area contributed by atoms with Gasteiger partial charge in [-0.1, -0.05) is 15.9 Å². The van der Waals surface area contributed by atoms with Gasteiger partial charge in [-0.2, -0.15) is 0 Å². The number of carbonyl (C=O) groups is 1. The van der Waals surface area contributed by atoms with Crippen LogP contribution in [0.5, 0.6) is 5.75 Å². The van der Waals surface area contributed by atoms with Gasteiger partial charge in [-0.05, 0) is 6.07 Å². The summed E-state index contributed by atoms with van der Waals surface area (Å²) < 4.78 is 5.16. The number of ether oxygens (including phenoxy) is 1. The molecule has 1 heterocycles. The van der Waals surface area contributed by atoms with Crippen molar-refractivity contribution in [1.82, 2.24) is 5.32 Å². The number of hydrogen-bond acceptors (Lipinski definition) is 5. The van der Waals surface area contributed by atoms with E-state index in [1.807, 2.05) is 0 Å². The molecule has 1 atom stereocenters. The summed E-state index contributed by atoms with van der Waals surface area (Å²) in [6.45, 7) is 0.205. The van der Waals surface area contributed by atoms with Gasteiger partial charge in [-0.15, -0.1) is 12.4 Å². The summed E-state index contributed by atoms with van der Waals surface area (Å²) in [5, 5.41) is 23.2. The van der Waals surface area contributed by atoms with Crippen molar-refractivity contribution in [3.63, 3.8) is 0 Å². The standard InChI is InChI=1S/C10H9BrN2O5.ClH/c11-5-3-6(7-1-2-18-10(15)12-7)9(14)8(4-5)13(16)17;/h3-4,7,14H,1-2H2,(H,12,15);1H/t7-;/m1./s1. The van der Waals surface area contributed by atoms with E-state index in [-0.39, 0.29) is 19.0 Å². The van der Waals surface area contributed by atoms with Gasteiger partial charge in [0.2, 0.25) is 0 Å². The maximum Gasteiger partial charge on any atom is 0.407 e. The molecule has 1 aliphatic rings. The van der Waals surface area contributed by atoms with Gasteiger partial charge in [0.1, 0.15) is 0 Å². The van der Waals surface area contributed by atoms with E-state index < -0.39 is 28.5 Å². The van der Waals surface area contributed by atoms with Crippen molar-refractivity contribution in [3.8, 4) is 5.75 Å². The molecule has 0 aliphatic carbocycles. The fourth-order valence-corrected chi connectivity index (χ4v) is 2.23. The first-order valence-corrected chi connectivity index (χ1v) is 5.88. The summed E-state index contributed by atoms with van der Waals surface area (Å²) in [6, 6.07) is 2.25. The van der Waals surface area contributed by atoms with Crippen molar-refractivity contribution in [2.24, 2.45) is 0 Å². The first-order valence-electron chi connectivity index (χ1n) is 5.09. The molecule has 1 fully saturated rings. The molecule has 104 valence electrons. The van der Waals surface area contributed by atoms with Gasteiger partial charge in [0, 0.05) is 22.5 Å². The van der Waals surface area contributed by atoms with Crippen molar-refractivity contribution in [2.75, 3.05) is 6.61 Å². The van der Waals surface area contributed by atoms with Gasteiger partial charge in [0.25, 0.3) is 0 Å². The van der Waals surface area contributed by atoms with Crippen LogP contribution in [0, 0.1) is 10.1 Å². The molecule has 1 aromatic rings. The first-order chi connectivity index (χ1) is 8.49. The summed E-state index contributed by atoms with van der Waals surface area (Å²) in [4.78, 5) is 21.2. The number of nitro benzene ring substituents is 1. The van der Waals surface area contributed by atoms with E-state index in [0.717, 1.165) is 0 Å². The molecule has 1 aromatic carbocycles. The number of phenolic OH excluding ortho intramolecular Hbond substituents is 1. The van der Waals surface area contributed by atoms with E-state index in [1.165, 1.54) is 6.07 Å². The molecular formula is C10H10BrClN2O5. The lowest BCUT2D eigenvalue weighted by Crippen LogP contribution is -2.35. The van der Waals surface area contributed by atoms with Crippen molar-refractivity contribution < 1.29 is 19.6 Å². The Balaban J connectivity index is 0.00000180. The number of halogens is 2. The third-order valence-electron chi connectivity index (χ3n) is 2.59. The van der Waals surface area contributed by atoms with E-state index in [2.05, 4.69) is 21.2 Å². The van der Waals surface area contributed by atoms with Gasteiger partial charge in [-0.3, -0.25) is 10.1 Å². The van der Waals surface area contributed by atoms with Crippen LogP contribution in [0.25, 0.3) is 0 Å². The number of hydrogen-bond donors (Lipinski definition) is 2. The predicted molar refractivity (Wildman–Crippen MR) is 71.6 cm³/mol. The third kappa shape index (κ3) is 3.27. The van der Waals surface area contributed by atoms with E-state index in [9.17, 15) is 20.0 Å². The van der Waals surface area contributed by atoms with E-state index in [0.29, 0.717) is 16.5 Å². The van der Waals surface area contributed by atoms with Crippen LogP contribution < -0.4 is 5.32 Å². The second-order valence-corrected chi connectivity index (χ2v) is 4.66. The Bertz CT molecular complexity index is 525. The average Bonchev–Trinajstić information content (AvgIpc) is 2.31. The number of aromatic hydroxyl groups is 1. The molecule has 1 aliphatic heterocycles. The van der Waals surface area contributed by atoms with Crippen molar-refractivity contribution in [1.29, 1.82) is 0 Å². The Morgan fingerprint density at radius 3 is 2.79 bits per heavy atom. The molecule has 7 nitrogen and oxygen atoms in total. The molecule has 19 heavy (non-hydrogen) atoms. The summed E-state index contributed by atoms with van der Waals surface area (Å²) >= 11 is 3.14. The monoisotopic (exact) mass is 352 g/mol. The zero-order valence-electron chi connectivity index (χ0n) is 9.46. The third-order valence-corrected chi connectivity index (χ3v) is 3.05. The molecule has 0 aromatic heterocycles.